The third-order valence-electron chi connectivity index (χ3n) is 14.1. The van der Waals surface area contributed by atoms with E-state index in [1.54, 1.807) is 30.7 Å². The Labute approximate surface area is 447 Å². The molecule has 406 valence electrons. The highest BCUT2D eigenvalue weighted by molar-refractivity contribution is 6.07. The van der Waals surface area contributed by atoms with Crippen LogP contribution in [-0.2, 0) is 35.1 Å². The third kappa shape index (κ3) is 16.3. The number of carbonyl (C=O) groups is 5. The number of likely N-dealkylation sites (N-methyl/N-ethyl adjacent to an activating group) is 1. The first kappa shape index (κ1) is 56.8. The van der Waals surface area contributed by atoms with E-state index in [0.29, 0.717) is 93.9 Å². The molecule has 76 heavy (non-hydrogen) atoms. The van der Waals surface area contributed by atoms with Gasteiger partial charge in [-0.25, -0.2) is 9.97 Å². The smallest absolute Gasteiger partial charge is 0.255 e. The second-order valence-electron chi connectivity index (χ2n) is 19.6. The Morgan fingerprint density at radius 2 is 1.55 bits per heavy atom. The number of unbranched alkanes of at least 4 members (excludes halogenated alkanes) is 5. The molecule has 1 aromatic heterocycles. The van der Waals surface area contributed by atoms with Crippen molar-refractivity contribution in [1.29, 1.82) is 0 Å². The van der Waals surface area contributed by atoms with E-state index in [-0.39, 0.29) is 49.1 Å². The third-order valence-corrected chi connectivity index (χ3v) is 14.1. The van der Waals surface area contributed by atoms with Gasteiger partial charge in [-0.2, -0.15) is 0 Å². The summed E-state index contributed by atoms with van der Waals surface area (Å²) in [5.41, 5.74) is 8.75. The number of hydrogen-bond donors (Lipinski definition) is 4. The summed E-state index contributed by atoms with van der Waals surface area (Å²) in [7, 11) is 2.10. The molecular weight excluding hydrogens is 965 g/mol. The van der Waals surface area contributed by atoms with E-state index in [4.69, 9.17) is 18.9 Å². The molecule has 0 spiro atoms. The van der Waals surface area contributed by atoms with Crippen molar-refractivity contribution in [2.45, 2.75) is 116 Å². The van der Waals surface area contributed by atoms with Crippen LogP contribution < -0.4 is 26.0 Å². The van der Waals surface area contributed by atoms with Crippen LogP contribution >= 0.6 is 0 Å². The van der Waals surface area contributed by atoms with Crippen LogP contribution in [0.1, 0.15) is 141 Å². The molecule has 4 N–H and O–H groups in total. The molecule has 0 aliphatic carbocycles. The zero-order valence-electron chi connectivity index (χ0n) is 44.7. The molecule has 0 saturated carbocycles. The molecule has 4 aromatic rings. The summed E-state index contributed by atoms with van der Waals surface area (Å²) in [6.45, 7) is 11.2. The second kappa shape index (κ2) is 29.4. The number of anilines is 2. The molecule has 3 atom stereocenters. The number of benzene rings is 3. The van der Waals surface area contributed by atoms with Gasteiger partial charge in [-0.05, 0) is 124 Å². The minimum Gasteiger partial charge on any atom is -0.494 e. The standard InChI is InChI=1S/C59H76N8O9/c1-5-48-41(2)20-23-46(66(4)56(48)52-28-29-60-40-62-52)38-61-45-16-13-15-44(37-45)57(70)63-42(3)43-21-24-47(25-22-43)76-32-12-7-6-10-30-73-33-35-75-36-34-74-31-11-8-9-19-54(68)64-51-18-14-17-49-50(51)39-67(59(49)72)53-26-27-55(69)65-58(53)71/h13-18,21-25,28-29,37,40-42,53,61H,5-12,19-20,26-27,30-36,38-39H2,1-4H3,(H,63,70)(H,64,68)(H,65,69,71)/t41?,42-,53?/m1/s1. The molecule has 1 fully saturated rings. The fourth-order valence-electron chi connectivity index (χ4n) is 9.81. The molecule has 17 nitrogen and oxygen atoms in total. The lowest BCUT2D eigenvalue weighted by molar-refractivity contribution is -0.137. The molecule has 7 rings (SSSR count). The fourth-order valence-corrected chi connectivity index (χ4v) is 9.81. The summed E-state index contributed by atoms with van der Waals surface area (Å²) >= 11 is 0. The molecule has 5 amide bonds. The number of imide groups is 1. The van der Waals surface area contributed by atoms with E-state index in [0.717, 1.165) is 85.5 Å². The number of hydrogen-bond acceptors (Lipinski definition) is 13. The van der Waals surface area contributed by atoms with Gasteiger partial charge in [0.2, 0.25) is 17.7 Å². The Kier molecular flexibility index (Phi) is 21.9. The minimum absolute atomic E-state index is 0.133. The second-order valence-corrected chi connectivity index (χ2v) is 19.6. The summed E-state index contributed by atoms with van der Waals surface area (Å²) < 4.78 is 23.1. The molecular formula is C59H76N8O9. The van der Waals surface area contributed by atoms with Crippen LogP contribution in [0.5, 0.6) is 5.75 Å². The van der Waals surface area contributed by atoms with Gasteiger partial charge < -0.3 is 44.7 Å². The van der Waals surface area contributed by atoms with Gasteiger partial charge in [0.15, 0.2) is 0 Å². The Bertz CT molecular complexity index is 2640. The molecule has 0 bridgehead atoms. The summed E-state index contributed by atoms with van der Waals surface area (Å²) in [4.78, 5) is 75.6. The first-order valence-electron chi connectivity index (χ1n) is 27.1. The highest BCUT2D eigenvalue weighted by Crippen LogP contribution is 2.36. The largest absolute Gasteiger partial charge is 0.494 e. The van der Waals surface area contributed by atoms with Gasteiger partial charge in [-0.1, -0.05) is 57.0 Å². The number of allylic oxidation sites excluding steroid dienone is 2. The lowest BCUT2D eigenvalue weighted by atomic mass is 9.93. The van der Waals surface area contributed by atoms with E-state index in [1.165, 1.54) is 10.5 Å². The summed E-state index contributed by atoms with van der Waals surface area (Å²) in [6.07, 6.45) is 14.8. The molecule has 17 heteroatoms. The van der Waals surface area contributed by atoms with Gasteiger partial charge in [-0.15, -0.1) is 0 Å². The summed E-state index contributed by atoms with van der Waals surface area (Å²) in [6, 6.07) is 21.8. The number of fused-ring (bicyclic) bond motifs is 1. The fraction of sp³-hybridized carbons (Fsp3) is 0.475. The molecule has 3 aliphatic heterocycles. The van der Waals surface area contributed by atoms with Crippen molar-refractivity contribution in [3.63, 3.8) is 0 Å². The predicted octanol–water partition coefficient (Wildman–Crippen LogP) is 9.01. The van der Waals surface area contributed by atoms with Gasteiger partial charge in [0.05, 0.1) is 57.0 Å². The zero-order chi connectivity index (χ0) is 53.7. The zero-order valence-corrected chi connectivity index (χ0v) is 44.7. The van der Waals surface area contributed by atoms with Crippen molar-refractivity contribution in [3.8, 4) is 5.75 Å². The van der Waals surface area contributed by atoms with Gasteiger partial charge in [0, 0.05) is 79.6 Å². The SMILES string of the molecule is CCC1=C(c2ccncn2)N(C)C(CNc2cccc(C(=O)N[C@H](C)c3ccc(OCCCCCCOCCOCCOCCCCCC(=O)Nc4cccc5c4CN(C4CCC(=O)NC4=O)C5=O)cc3)c2)=CCC1C. The number of aromatic nitrogens is 2. The van der Waals surface area contributed by atoms with Crippen LogP contribution in [0.15, 0.2) is 103 Å². The van der Waals surface area contributed by atoms with Gasteiger partial charge in [0.1, 0.15) is 18.1 Å². The summed E-state index contributed by atoms with van der Waals surface area (Å²) in [5, 5.41) is 12.0. The van der Waals surface area contributed by atoms with Crippen LogP contribution in [0, 0.1) is 5.92 Å². The highest BCUT2D eigenvalue weighted by atomic mass is 16.5. The lowest BCUT2D eigenvalue weighted by Crippen LogP contribution is -2.52. The van der Waals surface area contributed by atoms with E-state index < -0.39 is 11.9 Å². The maximum atomic E-state index is 13.4. The number of piperidine rings is 1. The van der Waals surface area contributed by atoms with Crippen LogP contribution in [-0.4, -0.2) is 115 Å². The van der Waals surface area contributed by atoms with Crippen LogP contribution in [0.3, 0.4) is 0 Å². The molecule has 0 radical (unpaired) electrons. The number of nitrogens with one attached hydrogen (secondary N) is 4. The highest BCUT2D eigenvalue weighted by Gasteiger charge is 2.40. The van der Waals surface area contributed by atoms with Crippen LogP contribution in [0.4, 0.5) is 11.4 Å². The Morgan fingerprint density at radius 1 is 0.842 bits per heavy atom. The van der Waals surface area contributed by atoms with E-state index in [9.17, 15) is 24.0 Å². The molecule has 4 heterocycles. The molecule has 3 aromatic carbocycles. The Balaban J connectivity index is 0.665. The number of nitrogens with zero attached hydrogens (tertiary/aromatic N) is 4. The lowest BCUT2D eigenvalue weighted by Gasteiger charge is -2.29. The van der Waals surface area contributed by atoms with Crippen LogP contribution in [0.25, 0.3) is 5.70 Å². The van der Waals surface area contributed by atoms with Crippen molar-refractivity contribution in [1.82, 2.24) is 30.4 Å². The topological polar surface area (TPSA) is 203 Å². The number of rotatable bonds is 30. The predicted molar refractivity (Wildman–Crippen MR) is 292 cm³/mol. The first-order valence-corrected chi connectivity index (χ1v) is 27.1. The number of carbonyl (C=O) groups excluding carboxylic acids is 5. The van der Waals surface area contributed by atoms with Crippen molar-refractivity contribution in [2.24, 2.45) is 5.92 Å². The quantitative estimate of drug-likeness (QED) is 0.0285. The minimum atomic E-state index is -0.704. The monoisotopic (exact) mass is 1040 g/mol. The summed E-state index contributed by atoms with van der Waals surface area (Å²) in [5.74, 6) is -0.139. The molecule has 2 unspecified atom stereocenters. The first-order chi connectivity index (χ1) is 37.0. The molecule has 3 aliphatic rings. The Morgan fingerprint density at radius 3 is 2.26 bits per heavy atom. The van der Waals surface area contributed by atoms with Crippen molar-refractivity contribution >= 4 is 46.6 Å². The van der Waals surface area contributed by atoms with Gasteiger partial charge in [0.25, 0.3) is 11.8 Å². The maximum absolute atomic E-state index is 13.4. The number of ether oxygens (including phenoxy) is 4. The van der Waals surface area contributed by atoms with Crippen LogP contribution in [0.2, 0.25) is 0 Å². The maximum Gasteiger partial charge on any atom is 0.255 e. The van der Waals surface area contributed by atoms with E-state index in [1.807, 2.05) is 61.5 Å². The molecule has 1 saturated heterocycles. The normalized spacial score (nSPS) is 16.9. The number of amides is 5. The van der Waals surface area contributed by atoms with Crippen molar-refractivity contribution < 1.29 is 42.9 Å². The van der Waals surface area contributed by atoms with Crippen molar-refractivity contribution in [3.05, 3.63) is 131 Å². The van der Waals surface area contributed by atoms with E-state index >= 15 is 0 Å². The Hall–Kier alpha value is -6.95. The van der Waals surface area contributed by atoms with Gasteiger partial charge in [-0.3, -0.25) is 29.3 Å². The van der Waals surface area contributed by atoms with E-state index in [2.05, 4.69) is 63.1 Å². The van der Waals surface area contributed by atoms with Crippen molar-refractivity contribution in [2.75, 3.05) is 70.5 Å². The average molecular weight is 1040 g/mol. The average Bonchev–Trinajstić information content (AvgIpc) is 3.71. The van der Waals surface area contributed by atoms with Gasteiger partial charge >= 0.3 is 0 Å².